The van der Waals surface area contributed by atoms with Crippen LogP contribution in [0.3, 0.4) is 0 Å². The summed E-state index contributed by atoms with van der Waals surface area (Å²) in [6, 6.07) is 2.21. The van der Waals surface area contributed by atoms with Gasteiger partial charge in [-0.3, -0.25) is 4.98 Å². The Kier molecular flexibility index (Phi) is 4.70. The van der Waals surface area contributed by atoms with Crippen LogP contribution >= 0.6 is 0 Å². The standard InChI is InChI=1S/C14H22N2O2/c1-6-11(7-2)16(5)12-8-9(3)15-10(4)13(12)14(17)18/h8,11H,6-7H2,1-5H3,(H,17,18). The van der Waals surface area contributed by atoms with Gasteiger partial charge in [-0.1, -0.05) is 13.8 Å². The van der Waals surface area contributed by atoms with Gasteiger partial charge >= 0.3 is 5.97 Å². The Hall–Kier alpha value is -1.58. The van der Waals surface area contributed by atoms with Gasteiger partial charge in [-0.2, -0.15) is 0 Å². The number of aryl methyl sites for hydroxylation is 2. The van der Waals surface area contributed by atoms with Crippen LogP contribution in [-0.4, -0.2) is 29.1 Å². The van der Waals surface area contributed by atoms with Gasteiger partial charge < -0.3 is 10.0 Å². The number of rotatable bonds is 5. The van der Waals surface area contributed by atoms with E-state index in [0.717, 1.165) is 24.2 Å². The topological polar surface area (TPSA) is 53.4 Å². The number of carbonyl (C=O) groups is 1. The third-order valence-electron chi connectivity index (χ3n) is 3.39. The molecule has 1 aromatic heterocycles. The second-order valence-electron chi connectivity index (χ2n) is 4.63. The molecule has 100 valence electrons. The average Bonchev–Trinajstić information content (AvgIpc) is 2.28. The molecule has 18 heavy (non-hydrogen) atoms. The molecule has 0 atom stereocenters. The molecule has 0 fully saturated rings. The fourth-order valence-corrected chi connectivity index (χ4v) is 2.38. The van der Waals surface area contributed by atoms with E-state index in [9.17, 15) is 9.90 Å². The number of hydrogen-bond acceptors (Lipinski definition) is 3. The van der Waals surface area contributed by atoms with Crippen LogP contribution in [0.15, 0.2) is 6.07 Å². The summed E-state index contributed by atoms with van der Waals surface area (Å²) in [5.74, 6) is -0.909. The fraction of sp³-hybridized carbons (Fsp3) is 0.571. The van der Waals surface area contributed by atoms with Gasteiger partial charge in [0.25, 0.3) is 0 Å². The molecule has 1 heterocycles. The average molecular weight is 250 g/mol. The molecule has 0 saturated heterocycles. The lowest BCUT2D eigenvalue weighted by Crippen LogP contribution is -2.32. The zero-order chi connectivity index (χ0) is 13.9. The molecule has 0 spiro atoms. The Morgan fingerprint density at radius 2 is 1.94 bits per heavy atom. The van der Waals surface area contributed by atoms with Gasteiger partial charge in [0.05, 0.1) is 11.4 Å². The predicted octanol–water partition coefficient (Wildman–Crippen LogP) is 3.02. The predicted molar refractivity (Wildman–Crippen MR) is 73.4 cm³/mol. The van der Waals surface area contributed by atoms with Gasteiger partial charge in [-0.05, 0) is 32.8 Å². The lowest BCUT2D eigenvalue weighted by atomic mass is 10.1. The van der Waals surface area contributed by atoms with Crippen LogP contribution in [0.4, 0.5) is 5.69 Å². The summed E-state index contributed by atoms with van der Waals surface area (Å²) in [7, 11) is 1.96. The summed E-state index contributed by atoms with van der Waals surface area (Å²) in [6.07, 6.45) is 1.99. The minimum absolute atomic E-state index is 0.315. The first-order valence-electron chi connectivity index (χ1n) is 6.36. The zero-order valence-corrected chi connectivity index (χ0v) is 11.8. The summed E-state index contributed by atoms with van der Waals surface area (Å²) in [5.41, 5.74) is 2.51. The van der Waals surface area contributed by atoms with Crippen molar-refractivity contribution in [1.82, 2.24) is 4.98 Å². The highest BCUT2D eigenvalue weighted by Crippen LogP contribution is 2.26. The first-order chi connectivity index (χ1) is 8.42. The van der Waals surface area contributed by atoms with Gasteiger partial charge in [-0.15, -0.1) is 0 Å². The third-order valence-corrected chi connectivity index (χ3v) is 3.39. The monoisotopic (exact) mass is 250 g/mol. The Bertz CT molecular complexity index is 440. The van der Waals surface area contributed by atoms with Crippen LogP contribution < -0.4 is 4.90 Å². The maximum Gasteiger partial charge on any atom is 0.339 e. The lowest BCUT2D eigenvalue weighted by molar-refractivity contribution is 0.0696. The van der Waals surface area contributed by atoms with Crippen LogP contribution in [0, 0.1) is 13.8 Å². The second kappa shape index (κ2) is 5.85. The van der Waals surface area contributed by atoms with Crippen LogP contribution in [0.5, 0.6) is 0 Å². The first kappa shape index (κ1) is 14.5. The highest BCUT2D eigenvalue weighted by molar-refractivity contribution is 5.95. The fourth-order valence-electron chi connectivity index (χ4n) is 2.38. The Balaban J connectivity index is 3.33. The van der Waals surface area contributed by atoms with Crippen molar-refractivity contribution in [3.05, 3.63) is 23.0 Å². The van der Waals surface area contributed by atoms with Crippen LogP contribution in [-0.2, 0) is 0 Å². The van der Waals surface area contributed by atoms with Gasteiger partial charge in [0.2, 0.25) is 0 Å². The van der Waals surface area contributed by atoms with E-state index in [-0.39, 0.29) is 0 Å². The van der Waals surface area contributed by atoms with Crippen LogP contribution in [0.1, 0.15) is 48.4 Å². The van der Waals surface area contributed by atoms with Crippen LogP contribution in [0.25, 0.3) is 0 Å². The van der Waals surface area contributed by atoms with E-state index in [0.29, 0.717) is 17.3 Å². The number of nitrogens with zero attached hydrogens (tertiary/aromatic N) is 2. The smallest absolute Gasteiger partial charge is 0.339 e. The summed E-state index contributed by atoms with van der Waals surface area (Å²) in [5, 5.41) is 9.35. The van der Waals surface area contributed by atoms with Crippen molar-refractivity contribution in [2.45, 2.75) is 46.6 Å². The zero-order valence-electron chi connectivity index (χ0n) is 11.8. The van der Waals surface area contributed by atoms with Gasteiger partial charge in [0.1, 0.15) is 5.56 Å². The molecule has 0 radical (unpaired) electrons. The maximum absolute atomic E-state index is 11.4. The summed E-state index contributed by atoms with van der Waals surface area (Å²) >= 11 is 0. The van der Waals surface area contributed by atoms with Gasteiger partial charge in [-0.25, -0.2) is 4.79 Å². The Morgan fingerprint density at radius 1 is 1.39 bits per heavy atom. The second-order valence-corrected chi connectivity index (χ2v) is 4.63. The number of pyridine rings is 1. The SMILES string of the molecule is CCC(CC)N(C)c1cc(C)nc(C)c1C(=O)O. The molecule has 0 aliphatic heterocycles. The quantitative estimate of drug-likeness (QED) is 0.872. The summed E-state index contributed by atoms with van der Waals surface area (Å²) in [4.78, 5) is 17.7. The van der Waals surface area contributed by atoms with Crippen molar-refractivity contribution < 1.29 is 9.90 Å². The van der Waals surface area contributed by atoms with E-state index in [1.807, 2.05) is 20.0 Å². The molecule has 1 rings (SSSR count). The van der Waals surface area contributed by atoms with E-state index < -0.39 is 5.97 Å². The van der Waals surface area contributed by atoms with Crippen molar-refractivity contribution >= 4 is 11.7 Å². The molecule has 1 N–H and O–H groups in total. The van der Waals surface area contributed by atoms with Crippen molar-refractivity contribution in [3.63, 3.8) is 0 Å². The minimum atomic E-state index is -0.909. The number of hydrogen-bond donors (Lipinski definition) is 1. The molecule has 0 aliphatic rings. The number of anilines is 1. The van der Waals surface area contributed by atoms with Gasteiger partial charge in [0, 0.05) is 18.8 Å². The van der Waals surface area contributed by atoms with Crippen molar-refractivity contribution in [2.75, 3.05) is 11.9 Å². The first-order valence-corrected chi connectivity index (χ1v) is 6.36. The van der Waals surface area contributed by atoms with Crippen molar-refractivity contribution in [1.29, 1.82) is 0 Å². The molecule has 4 heteroatoms. The third kappa shape index (κ3) is 2.81. The molecule has 0 saturated carbocycles. The van der Waals surface area contributed by atoms with E-state index in [4.69, 9.17) is 0 Å². The highest BCUT2D eigenvalue weighted by atomic mass is 16.4. The summed E-state index contributed by atoms with van der Waals surface area (Å²) < 4.78 is 0. The van der Waals surface area contributed by atoms with E-state index in [1.54, 1.807) is 6.92 Å². The molecule has 4 nitrogen and oxygen atoms in total. The number of aromatic carboxylic acids is 1. The highest BCUT2D eigenvalue weighted by Gasteiger charge is 2.21. The minimum Gasteiger partial charge on any atom is -0.478 e. The number of carboxylic acid groups (broad SMARTS) is 1. The van der Waals surface area contributed by atoms with Crippen LogP contribution in [0.2, 0.25) is 0 Å². The number of carboxylic acids is 1. The molecular weight excluding hydrogens is 228 g/mol. The Morgan fingerprint density at radius 3 is 2.39 bits per heavy atom. The normalized spacial score (nSPS) is 10.8. The lowest BCUT2D eigenvalue weighted by Gasteiger charge is -2.30. The van der Waals surface area contributed by atoms with E-state index in [1.165, 1.54) is 0 Å². The molecule has 1 aromatic rings. The van der Waals surface area contributed by atoms with Crippen molar-refractivity contribution in [3.8, 4) is 0 Å². The Labute approximate surface area is 109 Å². The maximum atomic E-state index is 11.4. The molecule has 0 aromatic carbocycles. The molecule has 0 amide bonds. The molecule has 0 bridgehead atoms. The molecule has 0 unspecified atom stereocenters. The molecular formula is C14H22N2O2. The van der Waals surface area contributed by atoms with Crippen molar-refractivity contribution in [2.24, 2.45) is 0 Å². The summed E-state index contributed by atoms with van der Waals surface area (Å²) in [6.45, 7) is 7.88. The van der Waals surface area contributed by atoms with Gasteiger partial charge in [0.15, 0.2) is 0 Å². The van der Waals surface area contributed by atoms with E-state index in [2.05, 4.69) is 23.7 Å². The number of aromatic nitrogens is 1. The van der Waals surface area contributed by atoms with E-state index >= 15 is 0 Å². The molecule has 0 aliphatic carbocycles. The largest absolute Gasteiger partial charge is 0.478 e.